The van der Waals surface area contributed by atoms with E-state index in [4.69, 9.17) is 16.7 Å². The van der Waals surface area contributed by atoms with Crippen LogP contribution < -0.4 is 0 Å². The van der Waals surface area contributed by atoms with Crippen molar-refractivity contribution in [2.24, 2.45) is 0 Å². The van der Waals surface area contributed by atoms with E-state index in [1.54, 1.807) is 18.2 Å². The van der Waals surface area contributed by atoms with Crippen LogP contribution in [0.5, 0.6) is 0 Å². The maximum Gasteiger partial charge on any atom is 0.105 e. The molecule has 0 amide bonds. The summed E-state index contributed by atoms with van der Waals surface area (Å²) in [5.74, 6) is 0. The molecule has 0 spiro atoms. The van der Waals surface area contributed by atoms with Crippen LogP contribution in [0.3, 0.4) is 0 Å². The Kier molecular flexibility index (Phi) is 4.54. The highest BCUT2D eigenvalue weighted by atomic mass is 35.5. The zero-order valence-corrected chi connectivity index (χ0v) is 9.28. The van der Waals surface area contributed by atoms with E-state index in [9.17, 15) is 10.2 Å². The molecule has 0 aliphatic carbocycles. The average Bonchev–Trinajstić information content (AvgIpc) is 2.17. The first kappa shape index (κ1) is 12.5. The first-order valence-corrected chi connectivity index (χ1v) is 5.17. The van der Waals surface area contributed by atoms with E-state index >= 15 is 0 Å². The largest absolute Gasteiger partial charge is 0.396 e. The van der Waals surface area contributed by atoms with Crippen molar-refractivity contribution in [3.8, 4) is 0 Å². The summed E-state index contributed by atoms with van der Waals surface area (Å²) in [6, 6.07) is 5.08. The van der Waals surface area contributed by atoms with Gasteiger partial charge in [-0.15, -0.1) is 0 Å². The normalized spacial score (nSPS) is 15.0. The van der Waals surface area contributed by atoms with Crippen LogP contribution in [0, 0.1) is 6.92 Å². The van der Waals surface area contributed by atoms with Crippen LogP contribution in [0.25, 0.3) is 0 Å². The van der Waals surface area contributed by atoms with E-state index in [1.165, 1.54) is 0 Å². The lowest BCUT2D eigenvalue weighted by Gasteiger charge is -2.19. The van der Waals surface area contributed by atoms with E-state index in [-0.39, 0.29) is 13.0 Å². The minimum absolute atomic E-state index is 0.148. The molecule has 0 aliphatic rings. The second kappa shape index (κ2) is 5.47. The molecule has 15 heavy (non-hydrogen) atoms. The minimum atomic E-state index is -0.977. The zero-order valence-electron chi connectivity index (χ0n) is 8.52. The predicted molar refractivity (Wildman–Crippen MR) is 58.9 cm³/mol. The molecule has 1 aromatic carbocycles. The van der Waals surface area contributed by atoms with Crippen LogP contribution in [-0.4, -0.2) is 28.0 Å². The van der Waals surface area contributed by atoms with Crippen molar-refractivity contribution in [3.05, 3.63) is 34.3 Å². The molecule has 2 atom stereocenters. The van der Waals surface area contributed by atoms with Crippen molar-refractivity contribution >= 4 is 11.6 Å². The SMILES string of the molecule is Cc1cc(Cl)ccc1C(O)C(O)CCO. The van der Waals surface area contributed by atoms with E-state index in [0.29, 0.717) is 10.6 Å². The van der Waals surface area contributed by atoms with Crippen molar-refractivity contribution in [1.29, 1.82) is 0 Å². The second-order valence-electron chi connectivity index (χ2n) is 3.53. The molecule has 0 bridgehead atoms. The van der Waals surface area contributed by atoms with Gasteiger partial charge < -0.3 is 15.3 Å². The third-order valence-electron chi connectivity index (χ3n) is 2.34. The minimum Gasteiger partial charge on any atom is -0.396 e. The Labute approximate surface area is 93.9 Å². The Morgan fingerprint density at radius 3 is 2.53 bits per heavy atom. The van der Waals surface area contributed by atoms with Gasteiger partial charge in [-0.3, -0.25) is 0 Å². The van der Waals surface area contributed by atoms with Gasteiger partial charge in [-0.1, -0.05) is 17.7 Å². The molecule has 84 valence electrons. The molecule has 1 rings (SSSR count). The highest BCUT2D eigenvalue weighted by Crippen LogP contribution is 2.24. The fourth-order valence-corrected chi connectivity index (χ4v) is 1.70. The Morgan fingerprint density at radius 1 is 1.33 bits per heavy atom. The summed E-state index contributed by atoms with van der Waals surface area (Å²) in [4.78, 5) is 0. The summed E-state index contributed by atoms with van der Waals surface area (Å²) in [5.41, 5.74) is 1.47. The van der Waals surface area contributed by atoms with Gasteiger partial charge in [-0.05, 0) is 36.6 Å². The number of hydrogen-bond donors (Lipinski definition) is 3. The zero-order chi connectivity index (χ0) is 11.4. The molecule has 0 saturated heterocycles. The highest BCUT2D eigenvalue weighted by Gasteiger charge is 2.19. The molecule has 3 N–H and O–H groups in total. The standard InChI is InChI=1S/C11H15ClO3/c1-7-6-8(12)2-3-9(7)11(15)10(14)4-5-13/h2-3,6,10-11,13-15H,4-5H2,1H3. The van der Waals surface area contributed by atoms with E-state index in [1.807, 2.05) is 6.92 Å². The molecule has 3 nitrogen and oxygen atoms in total. The molecule has 0 saturated carbocycles. The maximum absolute atomic E-state index is 9.79. The van der Waals surface area contributed by atoms with E-state index in [2.05, 4.69) is 0 Å². The fourth-order valence-electron chi connectivity index (χ4n) is 1.47. The maximum atomic E-state index is 9.79. The van der Waals surface area contributed by atoms with Gasteiger partial charge in [0, 0.05) is 11.6 Å². The van der Waals surface area contributed by atoms with E-state index < -0.39 is 12.2 Å². The van der Waals surface area contributed by atoms with Crippen molar-refractivity contribution in [3.63, 3.8) is 0 Å². The van der Waals surface area contributed by atoms with Gasteiger partial charge in [0.05, 0.1) is 6.10 Å². The Hall–Kier alpha value is -0.610. The predicted octanol–water partition coefficient (Wildman–Crippen LogP) is 1.43. The molecular formula is C11H15ClO3. The number of hydrogen-bond acceptors (Lipinski definition) is 3. The van der Waals surface area contributed by atoms with Crippen LogP contribution >= 0.6 is 11.6 Å². The number of aryl methyl sites for hydroxylation is 1. The third kappa shape index (κ3) is 3.18. The van der Waals surface area contributed by atoms with Gasteiger partial charge in [0.2, 0.25) is 0 Å². The van der Waals surface area contributed by atoms with Gasteiger partial charge >= 0.3 is 0 Å². The Bertz CT molecular complexity index is 328. The Balaban J connectivity index is 2.86. The Morgan fingerprint density at radius 2 is 2.00 bits per heavy atom. The van der Waals surface area contributed by atoms with Crippen molar-refractivity contribution in [1.82, 2.24) is 0 Å². The number of aliphatic hydroxyl groups is 3. The van der Waals surface area contributed by atoms with Crippen LogP contribution in [0.2, 0.25) is 5.02 Å². The summed E-state index contributed by atoms with van der Waals surface area (Å²) < 4.78 is 0. The molecule has 1 aromatic rings. The van der Waals surface area contributed by atoms with Gasteiger partial charge in [0.1, 0.15) is 6.10 Å². The van der Waals surface area contributed by atoms with Gasteiger partial charge in [-0.25, -0.2) is 0 Å². The molecule has 0 aromatic heterocycles. The highest BCUT2D eigenvalue weighted by molar-refractivity contribution is 6.30. The topological polar surface area (TPSA) is 60.7 Å². The van der Waals surface area contributed by atoms with Crippen LogP contribution in [0.4, 0.5) is 0 Å². The summed E-state index contributed by atoms with van der Waals surface area (Å²) >= 11 is 5.78. The lowest BCUT2D eigenvalue weighted by molar-refractivity contribution is 0.00389. The first-order valence-electron chi connectivity index (χ1n) is 4.79. The van der Waals surface area contributed by atoms with Crippen molar-refractivity contribution < 1.29 is 15.3 Å². The number of aliphatic hydroxyl groups excluding tert-OH is 3. The fraction of sp³-hybridized carbons (Fsp3) is 0.455. The summed E-state index contributed by atoms with van der Waals surface area (Å²) in [7, 11) is 0. The molecule has 4 heteroatoms. The molecule has 0 radical (unpaired) electrons. The first-order chi connectivity index (χ1) is 7.06. The molecule has 0 aliphatic heterocycles. The number of rotatable bonds is 4. The number of halogens is 1. The molecular weight excluding hydrogens is 216 g/mol. The van der Waals surface area contributed by atoms with Gasteiger partial charge in [0.15, 0.2) is 0 Å². The summed E-state index contributed by atoms with van der Waals surface area (Å²) in [5, 5.41) is 28.6. The van der Waals surface area contributed by atoms with Crippen LogP contribution in [0.1, 0.15) is 23.7 Å². The van der Waals surface area contributed by atoms with Crippen LogP contribution in [0.15, 0.2) is 18.2 Å². The third-order valence-corrected chi connectivity index (χ3v) is 2.57. The van der Waals surface area contributed by atoms with Crippen molar-refractivity contribution in [2.75, 3.05) is 6.61 Å². The summed E-state index contributed by atoms with van der Waals surface area (Å²) in [6.45, 7) is 1.67. The monoisotopic (exact) mass is 230 g/mol. The quantitative estimate of drug-likeness (QED) is 0.733. The average molecular weight is 231 g/mol. The van der Waals surface area contributed by atoms with Gasteiger partial charge in [0.25, 0.3) is 0 Å². The molecule has 0 fully saturated rings. The lowest BCUT2D eigenvalue weighted by Crippen LogP contribution is -2.20. The second-order valence-corrected chi connectivity index (χ2v) is 3.96. The molecule has 0 heterocycles. The van der Waals surface area contributed by atoms with Crippen LogP contribution in [-0.2, 0) is 0 Å². The number of benzene rings is 1. The summed E-state index contributed by atoms with van der Waals surface area (Å²) in [6.07, 6.45) is -1.77. The van der Waals surface area contributed by atoms with E-state index in [0.717, 1.165) is 5.56 Å². The molecule has 2 unspecified atom stereocenters. The smallest absolute Gasteiger partial charge is 0.105 e. The van der Waals surface area contributed by atoms with Gasteiger partial charge in [-0.2, -0.15) is 0 Å². The lowest BCUT2D eigenvalue weighted by atomic mass is 9.98. The van der Waals surface area contributed by atoms with Crippen molar-refractivity contribution in [2.45, 2.75) is 25.6 Å².